The second-order valence-electron chi connectivity index (χ2n) is 4.85. The lowest BCUT2D eigenvalue weighted by atomic mass is 9.90. The minimum absolute atomic E-state index is 0.210. The summed E-state index contributed by atoms with van der Waals surface area (Å²) in [6.07, 6.45) is 1.85. The molecule has 1 heterocycles. The lowest BCUT2D eigenvalue weighted by molar-refractivity contribution is 0.406. The Hall–Kier alpha value is -0.0200. The van der Waals surface area contributed by atoms with Gasteiger partial charge in [0.2, 0.25) is 0 Å². The van der Waals surface area contributed by atoms with Crippen LogP contribution in [0.25, 0.3) is 0 Å². The predicted octanol–water partition coefficient (Wildman–Crippen LogP) is 4.08. The van der Waals surface area contributed by atoms with Crippen molar-refractivity contribution in [1.29, 1.82) is 0 Å². The van der Waals surface area contributed by atoms with Gasteiger partial charge in [-0.2, -0.15) is 5.10 Å². The smallest absolute Gasteiger partial charge is 0.0850 e. The predicted molar refractivity (Wildman–Crippen MR) is 73.6 cm³/mol. The van der Waals surface area contributed by atoms with E-state index >= 15 is 0 Å². The van der Waals surface area contributed by atoms with Crippen LogP contribution in [-0.4, -0.2) is 15.1 Å². The van der Waals surface area contributed by atoms with Crippen LogP contribution in [0.5, 0.6) is 0 Å². The molecule has 4 heteroatoms. The first kappa shape index (κ1) is 14.0. The van der Waals surface area contributed by atoms with Gasteiger partial charge < -0.3 is 0 Å². The Balaban J connectivity index is 3.06. The van der Waals surface area contributed by atoms with Crippen molar-refractivity contribution in [1.82, 2.24) is 9.78 Å². The maximum absolute atomic E-state index is 6.37. The largest absolute Gasteiger partial charge is 0.268 e. The summed E-state index contributed by atoms with van der Waals surface area (Å²) in [5, 5.41) is 6.36. The molecule has 0 radical (unpaired) electrons. The third-order valence-corrected chi connectivity index (χ3v) is 4.66. The fourth-order valence-electron chi connectivity index (χ4n) is 1.69. The van der Waals surface area contributed by atoms with Crippen LogP contribution in [0.15, 0.2) is 0 Å². The molecule has 0 aliphatic heterocycles. The lowest BCUT2D eigenvalue weighted by Crippen LogP contribution is -2.19. The molecule has 1 rings (SSSR count). The van der Waals surface area contributed by atoms with Gasteiger partial charge in [0.05, 0.1) is 16.4 Å². The maximum Gasteiger partial charge on any atom is 0.0850 e. The SMILES string of the molecule is CCc1nn(CC)c(CC(C)(C)CBr)c1Cl. The van der Waals surface area contributed by atoms with E-state index in [1.807, 2.05) is 4.68 Å². The average Bonchev–Trinajstić information content (AvgIpc) is 2.55. The molecule has 0 unspecified atom stereocenters. The Labute approximate surface area is 111 Å². The first-order valence-electron chi connectivity index (χ1n) is 5.75. The first-order chi connectivity index (χ1) is 7.45. The molecule has 0 aliphatic carbocycles. The summed E-state index contributed by atoms with van der Waals surface area (Å²) in [5.74, 6) is 0. The molecule has 0 aliphatic rings. The van der Waals surface area contributed by atoms with Crippen LogP contribution in [0.2, 0.25) is 5.02 Å². The number of aromatic nitrogens is 2. The third-order valence-electron chi connectivity index (χ3n) is 2.70. The minimum atomic E-state index is 0.210. The van der Waals surface area contributed by atoms with Gasteiger partial charge in [0, 0.05) is 11.9 Å². The zero-order valence-electron chi connectivity index (χ0n) is 10.5. The topological polar surface area (TPSA) is 17.8 Å². The summed E-state index contributed by atoms with van der Waals surface area (Å²) in [6.45, 7) is 9.54. The highest BCUT2D eigenvalue weighted by atomic mass is 79.9. The van der Waals surface area contributed by atoms with Gasteiger partial charge in [-0.25, -0.2) is 0 Å². The highest BCUT2D eigenvalue weighted by Gasteiger charge is 2.23. The first-order valence-corrected chi connectivity index (χ1v) is 7.25. The molecule has 0 saturated carbocycles. The molecule has 0 fully saturated rings. The van der Waals surface area contributed by atoms with Crippen molar-refractivity contribution in [3.8, 4) is 0 Å². The number of hydrogen-bond acceptors (Lipinski definition) is 1. The van der Waals surface area contributed by atoms with Crippen LogP contribution in [0.3, 0.4) is 0 Å². The molecule has 0 spiro atoms. The zero-order chi connectivity index (χ0) is 12.3. The van der Waals surface area contributed by atoms with Crippen LogP contribution in [0, 0.1) is 5.41 Å². The van der Waals surface area contributed by atoms with Crippen molar-refractivity contribution in [3.63, 3.8) is 0 Å². The molecule has 2 nitrogen and oxygen atoms in total. The van der Waals surface area contributed by atoms with Crippen LogP contribution in [0.1, 0.15) is 39.1 Å². The molecule has 1 aromatic rings. The quantitative estimate of drug-likeness (QED) is 0.749. The van der Waals surface area contributed by atoms with Crippen molar-refractivity contribution >= 4 is 27.5 Å². The fraction of sp³-hybridized carbons (Fsp3) is 0.750. The lowest BCUT2D eigenvalue weighted by Gasteiger charge is -2.22. The van der Waals surface area contributed by atoms with E-state index in [0.717, 1.165) is 35.4 Å². The van der Waals surface area contributed by atoms with Crippen molar-refractivity contribution in [2.75, 3.05) is 5.33 Å². The van der Waals surface area contributed by atoms with Crippen LogP contribution >= 0.6 is 27.5 Å². The fourth-order valence-corrected chi connectivity index (χ4v) is 2.22. The third kappa shape index (κ3) is 3.01. The summed E-state index contributed by atoms with van der Waals surface area (Å²) in [5.41, 5.74) is 2.40. The summed E-state index contributed by atoms with van der Waals surface area (Å²) < 4.78 is 2.03. The monoisotopic (exact) mass is 306 g/mol. The van der Waals surface area contributed by atoms with Gasteiger partial charge in [0.1, 0.15) is 0 Å². The van der Waals surface area contributed by atoms with Crippen LogP contribution < -0.4 is 0 Å². The molecular weight excluding hydrogens is 288 g/mol. The van der Waals surface area contributed by atoms with E-state index in [-0.39, 0.29) is 5.41 Å². The summed E-state index contributed by atoms with van der Waals surface area (Å²) >= 11 is 9.92. The summed E-state index contributed by atoms with van der Waals surface area (Å²) in [7, 11) is 0. The molecular formula is C12H20BrClN2. The highest BCUT2D eigenvalue weighted by Crippen LogP contribution is 2.30. The molecule has 0 amide bonds. The van der Waals surface area contributed by atoms with Crippen molar-refractivity contribution in [2.24, 2.45) is 5.41 Å². The van der Waals surface area contributed by atoms with Gasteiger partial charge in [-0.3, -0.25) is 4.68 Å². The Morgan fingerprint density at radius 3 is 2.44 bits per heavy atom. The van der Waals surface area contributed by atoms with E-state index < -0.39 is 0 Å². The highest BCUT2D eigenvalue weighted by molar-refractivity contribution is 9.09. The van der Waals surface area contributed by atoms with E-state index in [4.69, 9.17) is 11.6 Å². The normalized spacial score (nSPS) is 12.1. The number of aryl methyl sites for hydroxylation is 2. The Kier molecular flexibility index (Phi) is 4.87. The van der Waals surface area contributed by atoms with Crippen molar-refractivity contribution in [2.45, 2.75) is 47.1 Å². The van der Waals surface area contributed by atoms with E-state index in [9.17, 15) is 0 Å². The Morgan fingerprint density at radius 2 is 2.00 bits per heavy atom. The van der Waals surface area contributed by atoms with Crippen molar-refractivity contribution in [3.05, 3.63) is 16.4 Å². The number of alkyl halides is 1. The van der Waals surface area contributed by atoms with Crippen molar-refractivity contribution < 1.29 is 0 Å². The minimum Gasteiger partial charge on any atom is -0.268 e. The van der Waals surface area contributed by atoms with Gasteiger partial charge in [0.15, 0.2) is 0 Å². The number of nitrogens with zero attached hydrogens (tertiary/aromatic N) is 2. The van der Waals surface area contributed by atoms with Crippen LogP contribution in [-0.2, 0) is 19.4 Å². The molecule has 16 heavy (non-hydrogen) atoms. The van der Waals surface area contributed by atoms with Gasteiger partial charge >= 0.3 is 0 Å². The van der Waals surface area contributed by atoms with Gasteiger partial charge in [-0.1, -0.05) is 48.3 Å². The maximum atomic E-state index is 6.37. The van der Waals surface area contributed by atoms with E-state index in [2.05, 4.69) is 48.7 Å². The number of hydrogen-bond donors (Lipinski definition) is 0. The van der Waals surface area contributed by atoms with Gasteiger partial charge in [0.25, 0.3) is 0 Å². The Morgan fingerprint density at radius 1 is 1.38 bits per heavy atom. The molecule has 0 saturated heterocycles. The van der Waals surface area contributed by atoms with E-state index in [1.54, 1.807) is 0 Å². The summed E-state index contributed by atoms with van der Waals surface area (Å²) in [6, 6.07) is 0. The summed E-state index contributed by atoms with van der Waals surface area (Å²) in [4.78, 5) is 0. The second kappa shape index (κ2) is 5.54. The number of halogens is 2. The molecule has 0 aromatic carbocycles. The molecule has 1 aromatic heterocycles. The molecule has 0 N–H and O–H groups in total. The average molecular weight is 308 g/mol. The molecule has 0 bridgehead atoms. The molecule has 0 atom stereocenters. The standard InChI is InChI=1S/C12H20BrClN2/c1-5-9-11(14)10(16(6-2)15-9)7-12(3,4)8-13/h5-8H2,1-4H3. The van der Waals surface area contributed by atoms with Gasteiger partial charge in [-0.15, -0.1) is 0 Å². The van der Waals surface area contributed by atoms with E-state index in [0.29, 0.717) is 0 Å². The zero-order valence-corrected chi connectivity index (χ0v) is 12.8. The second-order valence-corrected chi connectivity index (χ2v) is 5.79. The van der Waals surface area contributed by atoms with Crippen LogP contribution in [0.4, 0.5) is 0 Å². The van der Waals surface area contributed by atoms with E-state index in [1.165, 1.54) is 5.69 Å². The molecule has 92 valence electrons. The Bertz CT molecular complexity index is 358. The van der Waals surface area contributed by atoms with Gasteiger partial charge in [-0.05, 0) is 25.2 Å². The number of rotatable bonds is 5.